The molecule has 0 atom stereocenters. The van der Waals surface area contributed by atoms with Gasteiger partial charge in [0, 0.05) is 38.5 Å². The molecule has 1 rings (SSSR count). The first kappa shape index (κ1) is 48.1. The average molecular weight is 763 g/mol. The lowest BCUT2D eigenvalue weighted by Gasteiger charge is -2.28. The van der Waals surface area contributed by atoms with Gasteiger partial charge in [0.05, 0.1) is 0 Å². The van der Waals surface area contributed by atoms with E-state index in [-0.39, 0.29) is 38.5 Å². The van der Waals surface area contributed by atoms with E-state index in [0.29, 0.717) is 38.5 Å². The first-order valence-electron chi connectivity index (χ1n) is 20.3. The van der Waals surface area contributed by atoms with Crippen LogP contribution in [-0.2, 0) is 67.3 Å². The summed E-state index contributed by atoms with van der Waals surface area (Å²) in [6, 6.07) is 0. The van der Waals surface area contributed by atoms with Crippen molar-refractivity contribution in [1.82, 2.24) is 0 Å². The zero-order valence-electron chi connectivity index (χ0n) is 32.3. The van der Waals surface area contributed by atoms with Gasteiger partial charge in [-0.05, 0) is 149 Å². The molecule has 0 saturated heterocycles. The van der Waals surface area contributed by atoms with E-state index in [1.807, 2.05) is 0 Å². The van der Waals surface area contributed by atoms with Crippen molar-refractivity contribution >= 4 is 35.8 Å². The molecule has 0 aliphatic rings. The van der Waals surface area contributed by atoms with Crippen LogP contribution in [0.15, 0.2) is 0 Å². The number of carboxylic acid groups (broad SMARTS) is 6. The van der Waals surface area contributed by atoms with E-state index in [4.69, 9.17) is 0 Å². The highest BCUT2D eigenvalue weighted by atomic mass is 16.4. The SMILES string of the molecule is O=C(O)CCCCCc1c(CCCCCC(=O)O)c(CCCCCC(=O)O)c(CCCCCC(=O)O)c(CCCCCC(=O)O)c1CCCCCC(=O)O. The maximum atomic E-state index is 11.3. The maximum absolute atomic E-state index is 11.3. The molecule has 0 saturated carbocycles. The summed E-state index contributed by atoms with van der Waals surface area (Å²) in [4.78, 5) is 67.5. The third-order valence-electron chi connectivity index (χ3n) is 10.1. The lowest BCUT2D eigenvalue weighted by molar-refractivity contribution is -0.138. The van der Waals surface area contributed by atoms with Crippen LogP contribution >= 0.6 is 0 Å². The van der Waals surface area contributed by atoms with Gasteiger partial charge in [0.25, 0.3) is 0 Å². The van der Waals surface area contributed by atoms with Crippen LogP contribution in [0.3, 0.4) is 0 Å². The molecule has 1 aromatic rings. The molecule has 6 N–H and O–H groups in total. The molecule has 0 fully saturated rings. The van der Waals surface area contributed by atoms with E-state index >= 15 is 0 Å². The minimum atomic E-state index is -0.831. The minimum Gasteiger partial charge on any atom is -0.481 e. The number of hydrogen-bond acceptors (Lipinski definition) is 6. The molecule has 0 radical (unpaired) electrons. The molecule has 0 heterocycles. The lowest BCUT2D eigenvalue weighted by Crippen LogP contribution is -2.15. The minimum absolute atomic E-state index is 0.0941. The highest BCUT2D eigenvalue weighted by Crippen LogP contribution is 2.36. The Bertz CT molecular complexity index is 1040. The number of aliphatic carboxylic acids is 6. The van der Waals surface area contributed by atoms with Crippen LogP contribution in [0.1, 0.15) is 187 Å². The lowest BCUT2D eigenvalue weighted by atomic mass is 9.77. The van der Waals surface area contributed by atoms with E-state index in [0.717, 1.165) is 116 Å². The van der Waals surface area contributed by atoms with Crippen LogP contribution < -0.4 is 0 Å². The van der Waals surface area contributed by atoms with Gasteiger partial charge in [0.2, 0.25) is 0 Å². The summed E-state index contributed by atoms with van der Waals surface area (Å²) in [5.41, 5.74) is 7.49. The van der Waals surface area contributed by atoms with E-state index in [1.54, 1.807) is 0 Å². The summed E-state index contributed by atoms with van der Waals surface area (Å²) in [6.45, 7) is 0. The van der Waals surface area contributed by atoms with Crippen molar-refractivity contribution in [3.8, 4) is 0 Å². The van der Waals surface area contributed by atoms with Gasteiger partial charge >= 0.3 is 35.8 Å². The highest BCUT2D eigenvalue weighted by molar-refractivity contribution is 5.68. The smallest absolute Gasteiger partial charge is 0.303 e. The van der Waals surface area contributed by atoms with Crippen LogP contribution in [-0.4, -0.2) is 66.5 Å². The Morgan fingerprint density at radius 3 is 0.463 bits per heavy atom. The van der Waals surface area contributed by atoms with Crippen molar-refractivity contribution in [1.29, 1.82) is 0 Å². The normalized spacial score (nSPS) is 11.1. The zero-order chi connectivity index (χ0) is 40.1. The molecule has 12 nitrogen and oxygen atoms in total. The molecule has 12 heteroatoms. The summed E-state index contributed by atoms with van der Waals surface area (Å²) in [6.07, 6.45) is 17.5. The monoisotopic (exact) mass is 762 g/mol. The fraction of sp³-hybridized carbons (Fsp3) is 0.714. The number of carbonyl (C=O) groups is 6. The molecular formula is C42H66O12. The quantitative estimate of drug-likeness (QED) is 0.0353. The molecule has 0 aliphatic heterocycles. The number of rotatable bonds is 36. The van der Waals surface area contributed by atoms with Gasteiger partial charge < -0.3 is 30.6 Å². The molecule has 0 amide bonds. The molecule has 306 valence electrons. The van der Waals surface area contributed by atoms with Crippen molar-refractivity contribution in [3.05, 3.63) is 33.4 Å². The Balaban J connectivity index is 3.85. The molecule has 0 aliphatic carbocycles. The Morgan fingerprint density at radius 2 is 0.352 bits per heavy atom. The van der Waals surface area contributed by atoms with Crippen molar-refractivity contribution in [3.63, 3.8) is 0 Å². The topological polar surface area (TPSA) is 224 Å². The van der Waals surface area contributed by atoms with Gasteiger partial charge in [0.1, 0.15) is 0 Å². The van der Waals surface area contributed by atoms with Crippen LogP contribution in [0.5, 0.6) is 0 Å². The maximum Gasteiger partial charge on any atom is 0.303 e. The summed E-state index contributed by atoms with van der Waals surface area (Å²) >= 11 is 0. The molecule has 1 aromatic carbocycles. The van der Waals surface area contributed by atoms with Crippen molar-refractivity contribution < 1.29 is 59.4 Å². The standard InChI is InChI=1S/C42H66O12/c43-37(44)25-13-1-7-19-31-32(20-8-2-14-26-38(45)46)34(22-10-4-16-28-40(49)50)36(24-12-6-18-30-42(53)54)35(23-11-5-17-29-41(51)52)33(31)21-9-3-15-27-39(47)48/h1-30H2,(H,43,44)(H,45,46)(H,47,48)(H,49,50)(H,51,52)(H,53,54). The van der Waals surface area contributed by atoms with Gasteiger partial charge in [0.15, 0.2) is 0 Å². The average Bonchev–Trinajstić information content (AvgIpc) is 3.08. The summed E-state index contributed by atoms with van der Waals surface area (Å²) in [7, 11) is 0. The van der Waals surface area contributed by atoms with E-state index < -0.39 is 35.8 Å². The third kappa shape index (κ3) is 23.0. The molecule has 0 bridgehead atoms. The zero-order valence-corrected chi connectivity index (χ0v) is 32.3. The van der Waals surface area contributed by atoms with Gasteiger partial charge in [-0.15, -0.1) is 0 Å². The number of benzene rings is 1. The number of carboxylic acids is 6. The predicted octanol–water partition coefficient (Wildman–Crippen LogP) is 8.81. The van der Waals surface area contributed by atoms with Crippen LogP contribution in [0.25, 0.3) is 0 Å². The Kier molecular flexibility index (Phi) is 26.2. The molecule has 0 spiro atoms. The highest BCUT2D eigenvalue weighted by Gasteiger charge is 2.23. The van der Waals surface area contributed by atoms with Gasteiger partial charge in [-0.25, -0.2) is 0 Å². The second-order valence-corrected chi connectivity index (χ2v) is 14.6. The second kappa shape index (κ2) is 29.4. The Hall–Kier alpha value is -3.96. The molecule has 54 heavy (non-hydrogen) atoms. The largest absolute Gasteiger partial charge is 0.481 e. The summed E-state index contributed by atoms with van der Waals surface area (Å²) in [5.74, 6) is -4.99. The van der Waals surface area contributed by atoms with Crippen LogP contribution in [0.4, 0.5) is 0 Å². The molecule has 0 aromatic heterocycles. The number of hydrogen-bond donors (Lipinski definition) is 6. The summed E-state index contributed by atoms with van der Waals surface area (Å²) in [5, 5.41) is 55.4. The van der Waals surface area contributed by atoms with Crippen molar-refractivity contribution in [2.45, 2.75) is 193 Å². The van der Waals surface area contributed by atoms with Crippen LogP contribution in [0, 0.1) is 0 Å². The van der Waals surface area contributed by atoms with Gasteiger partial charge in [-0.3, -0.25) is 28.8 Å². The predicted molar refractivity (Wildman–Crippen MR) is 205 cm³/mol. The first-order chi connectivity index (χ1) is 25.8. The fourth-order valence-electron chi connectivity index (χ4n) is 7.43. The molecule has 0 unspecified atom stereocenters. The van der Waals surface area contributed by atoms with Crippen LogP contribution in [0.2, 0.25) is 0 Å². The Labute approximate surface area is 320 Å². The van der Waals surface area contributed by atoms with Crippen molar-refractivity contribution in [2.75, 3.05) is 0 Å². The van der Waals surface area contributed by atoms with Crippen molar-refractivity contribution in [2.24, 2.45) is 0 Å². The van der Waals surface area contributed by atoms with E-state index in [9.17, 15) is 59.4 Å². The van der Waals surface area contributed by atoms with Gasteiger partial charge in [-0.1, -0.05) is 38.5 Å². The first-order valence-corrected chi connectivity index (χ1v) is 20.3. The van der Waals surface area contributed by atoms with Gasteiger partial charge in [-0.2, -0.15) is 0 Å². The number of unbranched alkanes of at least 4 members (excludes halogenated alkanes) is 12. The van der Waals surface area contributed by atoms with E-state index in [2.05, 4.69) is 0 Å². The second-order valence-electron chi connectivity index (χ2n) is 14.6. The third-order valence-corrected chi connectivity index (χ3v) is 10.1. The Morgan fingerprint density at radius 1 is 0.222 bits per heavy atom. The summed E-state index contributed by atoms with van der Waals surface area (Å²) < 4.78 is 0. The fourth-order valence-corrected chi connectivity index (χ4v) is 7.43. The van der Waals surface area contributed by atoms with E-state index in [1.165, 1.54) is 33.4 Å². The molecular weight excluding hydrogens is 696 g/mol.